The third-order valence-electron chi connectivity index (χ3n) is 3.03. The molecule has 0 fully saturated rings. The smallest absolute Gasteiger partial charge is 0.146 e. The normalized spacial score (nSPS) is 12.7. The molecule has 2 rings (SSSR count). The number of pyridine rings is 1. The lowest BCUT2D eigenvalue weighted by Gasteiger charge is -2.17. The second-order valence-electron chi connectivity index (χ2n) is 4.16. The number of rotatable bonds is 4. The summed E-state index contributed by atoms with van der Waals surface area (Å²) in [6, 6.07) is 3.47. The Bertz CT molecular complexity index is 536. The number of nitrogens with one attached hydrogen (secondary N) is 1. The van der Waals surface area contributed by atoms with Crippen molar-refractivity contribution in [2.45, 2.75) is 19.4 Å². The van der Waals surface area contributed by atoms with Crippen molar-refractivity contribution in [3.63, 3.8) is 0 Å². The Labute approximate surface area is 106 Å². The van der Waals surface area contributed by atoms with Gasteiger partial charge in [-0.2, -0.15) is 5.10 Å². The van der Waals surface area contributed by atoms with Gasteiger partial charge in [-0.25, -0.2) is 4.39 Å². The molecule has 1 atom stereocenters. The lowest BCUT2D eigenvalue weighted by Crippen LogP contribution is -2.21. The molecule has 0 aromatic carbocycles. The summed E-state index contributed by atoms with van der Waals surface area (Å²) < 4.78 is 15.6. The molecule has 0 bridgehead atoms. The minimum Gasteiger partial charge on any atom is -0.308 e. The topological polar surface area (TPSA) is 42.7 Å². The Morgan fingerprint density at radius 3 is 2.83 bits per heavy atom. The zero-order valence-corrected chi connectivity index (χ0v) is 10.8. The molecular weight excluding hydrogens is 231 g/mol. The van der Waals surface area contributed by atoms with Crippen molar-refractivity contribution in [3.8, 4) is 0 Å². The molecule has 0 radical (unpaired) electrons. The molecule has 0 aliphatic heterocycles. The minimum atomic E-state index is -0.309. The Morgan fingerprint density at radius 1 is 1.50 bits per heavy atom. The summed E-state index contributed by atoms with van der Waals surface area (Å²) in [5, 5.41) is 7.52. The molecule has 0 saturated carbocycles. The third-order valence-corrected chi connectivity index (χ3v) is 3.03. The van der Waals surface area contributed by atoms with Gasteiger partial charge in [0.15, 0.2) is 0 Å². The highest BCUT2D eigenvalue weighted by molar-refractivity contribution is 5.28. The van der Waals surface area contributed by atoms with Gasteiger partial charge in [-0.05, 0) is 25.6 Å². The van der Waals surface area contributed by atoms with Crippen molar-refractivity contribution in [3.05, 3.63) is 47.3 Å². The van der Waals surface area contributed by atoms with E-state index in [0.717, 1.165) is 17.8 Å². The molecule has 2 aromatic heterocycles. The lowest BCUT2D eigenvalue weighted by atomic mass is 10.0. The largest absolute Gasteiger partial charge is 0.308 e. The van der Waals surface area contributed by atoms with E-state index in [4.69, 9.17) is 0 Å². The van der Waals surface area contributed by atoms with Crippen molar-refractivity contribution in [1.29, 1.82) is 0 Å². The van der Waals surface area contributed by atoms with Crippen LogP contribution in [0.25, 0.3) is 0 Å². The third kappa shape index (κ3) is 2.26. The summed E-state index contributed by atoms with van der Waals surface area (Å²) >= 11 is 0. The van der Waals surface area contributed by atoms with E-state index < -0.39 is 0 Å². The van der Waals surface area contributed by atoms with Crippen molar-refractivity contribution in [2.24, 2.45) is 7.05 Å². The average molecular weight is 248 g/mol. The van der Waals surface area contributed by atoms with Crippen LogP contribution in [0.2, 0.25) is 0 Å². The standard InChI is InChI=1S/C13H17FN4/c1-4-9-7-12(18(3)17-9)13(15-2)10-5-6-16-8-11(10)14/h5-8,13,15H,4H2,1-3H3. The van der Waals surface area contributed by atoms with Crippen molar-refractivity contribution >= 4 is 0 Å². The van der Waals surface area contributed by atoms with Crippen LogP contribution in [0.1, 0.15) is 29.9 Å². The van der Waals surface area contributed by atoms with Crippen LogP contribution in [0.3, 0.4) is 0 Å². The second kappa shape index (κ2) is 5.27. The highest BCUT2D eigenvalue weighted by atomic mass is 19.1. The van der Waals surface area contributed by atoms with E-state index in [-0.39, 0.29) is 11.9 Å². The second-order valence-corrected chi connectivity index (χ2v) is 4.16. The Hall–Kier alpha value is -1.75. The molecular formula is C13H17FN4. The quantitative estimate of drug-likeness (QED) is 0.897. The van der Waals surface area contributed by atoms with Crippen molar-refractivity contribution < 1.29 is 4.39 Å². The fourth-order valence-corrected chi connectivity index (χ4v) is 2.07. The molecule has 2 aromatic rings. The van der Waals surface area contributed by atoms with Crippen LogP contribution in [-0.2, 0) is 13.5 Å². The molecule has 0 spiro atoms. The van der Waals surface area contributed by atoms with Gasteiger partial charge in [-0.3, -0.25) is 9.67 Å². The summed E-state index contributed by atoms with van der Waals surface area (Å²) in [5.41, 5.74) is 2.53. The van der Waals surface area contributed by atoms with Crippen LogP contribution in [0, 0.1) is 5.82 Å². The summed E-state index contributed by atoms with van der Waals surface area (Å²) in [6.07, 6.45) is 3.69. The van der Waals surface area contributed by atoms with E-state index in [1.165, 1.54) is 6.20 Å². The van der Waals surface area contributed by atoms with Gasteiger partial charge in [0.25, 0.3) is 0 Å². The molecule has 0 amide bonds. The number of aromatic nitrogens is 3. The first kappa shape index (κ1) is 12.7. The van der Waals surface area contributed by atoms with E-state index in [0.29, 0.717) is 5.56 Å². The predicted octanol–water partition coefficient (Wildman–Crippen LogP) is 1.83. The van der Waals surface area contributed by atoms with E-state index in [9.17, 15) is 4.39 Å². The van der Waals surface area contributed by atoms with Gasteiger partial charge < -0.3 is 5.32 Å². The van der Waals surface area contributed by atoms with E-state index in [1.54, 1.807) is 16.9 Å². The molecule has 4 nitrogen and oxygen atoms in total. The lowest BCUT2D eigenvalue weighted by molar-refractivity contribution is 0.547. The summed E-state index contributed by atoms with van der Waals surface area (Å²) in [6.45, 7) is 2.05. The maximum absolute atomic E-state index is 13.8. The first-order valence-electron chi connectivity index (χ1n) is 5.96. The molecule has 18 heavy (non-hydrogen) atoms. The fraction of sp³-hybridized carbons (Fsp3) is 0.385. The van der Waals surface area contributed by atoms with Gasteiger partial charge in [0, 0.05) is 18.8 Å². The van der Waals surface area contributed by atoms with Gasteiger partial charge in [0.2, 0.25) is 0 Å². The van der Waals surface area contributed by atoms with Crippen LogP contribution >= 0.6 is 0 Å². The fourth-order valence-electron chi connectivity index (χ4n) is 2.07. The van der Waals surface area contributed by atoms with E-state index in [1.807, 2.05) is 27.1 Å². The van der Waals surface area contributed by atoms with Crippen LogP contribution in [0.4, 0.5) is 4.39 Å². The molecule has 2 heterocycles. The summed E-state index contributed by atoms with van der Waals surface area (Å²) in [4.78, 5) is 3.77. The van der Waals surface area contributed by atoms with Crippen molar-refractivity contribution in [2.75, 3.05) is 7.05 Å². The van der Waals surface area contributed by atoms with E-state index in [2.05, 4.69) is 15.4 Å². The van der Waals surface area contributed by atoms with Gasteiger partial charge in [0.05, 0.1) is 23.6 Å². The molecule has 1 N–H and O–H groups in total. The SMILES string of the molecule is CCc1cc(C(NC)c2ccncc2F)n(C)n1. The summed E-state index contributed by atoms with van der Waals surface area (Å²) in [7, 11) is 3.68. The first-order chi connectivity index (χ1) is 8.67. The summed E-state index contributed by atoms with van der Waals surface area (Å²) in [5.74, 6) is -0.309. The molecule has 5 heteroatoms. The minimum absolute atomic E-state index is 0.217. The van der Waals surface area contributed by atoms with Crippen LogP contribution in [0.5, 0.6) is 0 Å². The highest BCUT2D eigenvalue weighted by Crippen LogP contribution is 2.23. The maximum Gasteiger partial charge on any atom is 0.146 e. The predicted molar refractivity (Wildman–Crippen MR) is 67.7 cm³/mol. The van der Waals surface area contributed by atoms with Gasteiger partial charge in [0.1, 0.15) is 5.82 Å². The molecule has 0 aliphatic carbocycles. The number of aryl methyl sites for hydroxylation is 2. The first-order valence-corrected chi connectivity index (χ1v) is 5.96. The molecule has 1 unspecified atom stereocenters. The van der Waals surface area contributed by atoms with Crippen molar-refractivity contribution in [1.82, 2.24) is 20.1 Å². The zero-order valence-electron chi connectivity index (χ0n) is 10.8. The monoisotopic (exact) mass is 248 g/mol. The zero-order chi connectivity index (χ0) is 13.1. The Kier molecular flexibility index (Phi) is 3.72. The van der Waals surface area contributed by atoms with Crippen LogP contribution < -0.4 is 5.32 Å². The number of halogens is 1. The Balaban J connectivity index is 2.45. The van der Waals surface area contributed by atoms with Gasteiger partial charge in [-0.1, -0.05) is 6.92 Å². The molecule has 96 valence electrons. The highest BCUT2D eigenvalue weighted by Gasteiger charge is 2.20. The van der Waals surface area contributed by atoms with Crippen LogP contribution in [-0.4, -0.2) is 21.8 Å². The number of hydrogen-bond donors (Lipinski definition) is 1. The number of nitrogens with zero attached hydrogens (tertiary/aromatic N) is 3. The van der Waals surface area contributed by atoms with Gasteiger partial charge >= 0.3 is 0 Å². The Morgan fingerprint density at radius 2 is 2.28 bits per heavy atom. The van der Waals surface area contributed by atoms with Crippen LogP contribution in [0.15, 0.2) is 24.5 Å². The maximum atomic E-state index is 13.8. The van der Waals surface area contributed by atoms with E-state index >= 15 is 0 Å². The number of hydrogen-bond acceptors (Lipinski definition) is 3. The van der Waals surface area contributed by atoms with Gasteiger partial charge in [-0.15, -0.1) is 0 Å². The molecule has 0 aliphatic rings. The molecule has 0 saturated heterocycles. The average Bonchev–Trinajstić information content (AvgIpc) is 2.74.